The van der Waals surface area contributed by atoms with Gasteiger partial charge >= 0.3 is 0 Å². The second-order valence-electron chi connectivity index (χ2n) is 17.2. The molecule has 14 aromatic rings. The van der Waals surface area contributed by atoms with Gasteiger partial charge in [-0.05, 0) is 97.1 Å². The van der Waals surface area contributed by atoms with Crippen LogP contribution in [0.4, 0.5) is 0 Å². The van der Waals surface area contributed by atoms with Gasteiger partial charge < -0.3 is 18.3 Å². The first-order chi connectivity index (χ1) is 33.8. The first kappa shape index (κ1) is 38.0. The fraction of sp³-hybridized carbons (Fsp3) is 0. The molecule has 5 heterocycles. The molecule has 0 N–H and O–H groups in total. The molecule has 318 valence electrons. The zero-order valence-electron chi connectivity index (χ0n) is 36.6. The lowest BCUT2D eigenvalue weighted by Crippen LogP contribution is -2.01. The third kappa shape index (κ3) is 5.76. The van der Waals surface area contributed by atoms with Crippen LogP contribution in [0, 0.1) is 0 Å². The fourth-order valence-electron chi connectivity index (χ4n) is 10.5. The van der Waals surface area contributed by atoms with E-state index in [2.05, 4.69) is 237 Å². The summed E-state index contributed by atoms with van der Waals surface area (Å²) in [5.74, 6) is 1.84. The summed E-state index contributed by atoms with van der Waals surface area (Å²) in [6.07, 6.45) is 0. The van der Waals surface area contributed by atoms with Crippen molar-refractivity contribution >= 4 is 65.7 Å². The average Bonchev–Trinajstić information content (AvgIpc) is 4.14. The molecule has 7 nitrogen and oxygen atoms in total. The van der Waals surface area contributed by atoms with Crippen molar-refractivity contribution in [2.45, 2.75) is 0 Å². The van der Waals surface area contributed by atoms with Crippen LogP contribution in [-0.2, 0) is 0 Å². The van der Waals surface area contributed by atoms with Crippen molar-refractivity contribution in [1.29, 1.82) is 0 Å². The predicted molar refractivity (Wildman–Crippen MR) is 278 cm³/mol. The van der Waals surface area contributed by atoms with E-state index in [1.54, 1.807) is 0 Å². The maximum atomic E-state index is 5.19. The van der Waals surface area contributed by atoms with Crippen molar-refractivity contribution in [3.63, 3.8) is 0 Å². The van der Waals surface area contributed by atoms with Crippen LogP contribution in [0.25, 0.3) is 123 Å². The Balaban J connectivity index is 0.946. The van der Waals surface area contributed by atoms with Crippen molar-refractivity contribution in [1.82, 2.24) is 33.2 Å². The molecule has 7 heteroatoms. The molecule has 0 aliphatic rings. The van der Waals surface area contributed by atoms with Crippen molar-refractivity contribution in [3.05, 3.63) is 237 Å². The van der Waals surface area contributed by atoms with Gasteiger partial charge in [-0.15, -0.1) is 0 Å². The number of para-hydroxylation sites is 6. The van der Waals surface area contributed by atoms with Crippen LogP contribution in [0.2, 0.25) is 0 Å². The average molecular weight is 870 g/mol. The van der Waals surface area contributed by atoms with E-state index in [4.69, 9.17) is 15.0 Å². The van der Waals surface area contributed by atoms with Gasteiger partial charge in [-0.1, -0.05) is 140 Å². The third-order valence-electron chi connectivity index (χ3n) is 13.4. The number of nitrogens with zero attached hydrogens (tertiary/aromatic N) is 7. The highest BCUT2D eigenvalue weighted by Crippen LogP contribution is 2.45. The maximum Gasteiger partial charge on any atom is 0.164 e. The Morgan fingerprint density at radius 1 is 0.206 bits per heavy atom. The van der Waals surface area contributed by atoms with Crippen LogP contribution in [0.15, 0.2) is 237 Å². The Kier molecular flexibility index (Phi) is 8.45. The molecule has 0 atom stereocenters. The Labute approximate surface area is 390 Å². The molecule has 0 bridgehead atoms. The smallest absolute Gasteiger partial charge is 0.164 e. The van der Waals surface area contributed by atoms with Gasteiger partial charge in [0.25, 0.3) is 0 Å². The number of hydrogen-bond donors (Lipinski definition) is 0. The minimum Gasteiger partial charge on any atom is -0.309 e. The van der Waals surface area contributed by atoms with Crippen LogP contribution in [-0.4, -0.2) is 33.2 Å². The monoisotopic (exact) mass is 869 g/mol. The van der Waals surface area contributed by atoms with Crippen LogP contribution in [0.5, 0.6) is 0 Å². The molecule has 0 aliphatic heterocycles. The summed E-state index contributed by atoms with van der Waals surface area (Å²) in [5.41, 5.74) is 16.3. The molecule has 14 rings (SSSR count). The van der Waals surface area contributed by atoms with Gasteiger partial charge in [-0.25, -0.2) is 15.0 Å². The Bertz CT molecular complexity index is 4160. The second-order valence-corrected chi connectivity index (χ2v) is 17.2. The van der Waals surface area contributed by atoms with Gasteiger partial charge in [0.05, 0.1) is 44.1 Å². The summed E-state index contributed by atoms with van der Waals surface area (Å²) >= 11 is 0. The molecule has 0 saturated carbocycles. The van der Waals surface area contributed by atoms with Gasteiger partial charge in [-0.2, -0.15) is 0 Å². The Morgan fingerprint density at radius 2 is 0.500 bits per heavy atom. The minimum absolute atomic E-state index is 0.608. The van der Waals surface area contributed by atoms with Crippen LogP contribution >= 0.6 is 0 Å². The van der Waals surface area contributed by atoms with E-state index in [0.717, 1.165) is 67.0 Å². The van der Waals surface area contributed by atoms with Crippen molar-refractivity contribution in [3.8, 4) is 56.9 Å². The lowest BCUT2D eigenvalue weighted by atomic mass is 10.1. The third-order valence-corrected chi connectivity index (χ3v) is 13.4. The first-order valence-electron chi connectivity index (χ1n) is 23.0. The second kappa shape index (κ2) is 15.1. The first-order valence-corrected chi connectivity index (χ1v) is 23.0. The number of fused-ring (bicyclic) bond motifs is 10. The molecule has 0 amide bonds. The molecular weight excluding hydrogens is 831 g/mol. The van der Waals surface area contributed by atoms with Gasteiger partial charge in [-0.3, -0.25) is 0 Å². The van der Waals surface area contributed by atoms with E-state index in [0.29, 0.717) is 17.5 Å². The minimum atomic E-state index is 0.608. The summed E-state index contributed by atoms with van der Waals surface area (Å²) in [5, 5.41) is 4.83. The summed E-state index contributed by atoms with van der Waals surface area (Å²) in [6, 6.07) is 83.6. The summed E-state index contributed by atoms with van der Waals surface area (Å²) in [6.45, 7) is 0. The van der Waals surface area contributed by atoms with E-state index in [1.165, 1.54) is 38.1 Å². The molecular formula is C61H39N7. The van der Waals surface area contributed by atoms with Crippen molar-refractivity contribution in [2.75, 3.05) is 0 Å². The van der Waals surface area contributed by atoms with Gasteiger partial charge in [0.15, 0.2) is 17.5 Å². The Morgan fingerprint density at radius 3 is 0.926 bits per heavy atom. The van der Waals surface area contributed by atoms with E-state index < -0.39 is 0 Å². The highest BCUT2D eigenvalue weighted by atomic mass is 15.1. The molecule has 0 unspecified atom stereocenters. The number of rotatable bonds is 7. The van der Waals surface area contributed by atoms with Crippen molar-refractivity contribution in [2.24, 2.45) is 0 Å². The molecule has 0 spiro atoms. The summed E-state index contributed by atoms with van der Waals surface area (Å²) in [4.78, 5) is 15.4. The largest absolute Gasteiger partial charge is 0.309 e. The van der Waals surface area contributed by atoms with Gasteiger partial charge in [0.1, 0.15) is 0 Å². The number of hydrogen-bond acceptors (Lipinski definition) is 3. The number of benzene rings is 9. The predicted octanol–water partition coefficient (Wildman–Crippen LogP) is 15.0. The Hall–Kier alpha value is -9.33. The van der Waals surface area contributed by atoms with E-state index in [-0.39, 0.29) is 0 Å². The SMILES string of the molecule is c1ccc(-c2nc(-c3ccc(-n4c5ccccc5c5ccccc54)cc3)nc(-c3ccc(-n4c5ccccc5c5c4c4c(c6ccccc6n4-c4ccccc4)n5-c4ccccc4)cc3)n2)cc1. The summed E-state index contributed by atoms with van der Waals surface area (Å²) < 4.78 is 9.66. The molecule has 0 radical (unpaired) electrons. The maximum absolute atomic E-state index is 5.19. The normalized spacial score (nSPS) is 11.8. The molecule has 0 fully saturated rings. The molecule has 0 saturated heterocycles. The van der Waals surface area contributed by atoms with E-state index >= 15 is 0 Å². The highest BCUT2D eigenvalue weighted by Gasteiger charge is 2.28. The zero-order valence-corrected chi connectivity index (χ0v) is 36.6. The van der Waals surface area contributed by atoms with Gasteiger partial charge in [0.2, 0.25) is 0 Å². The van der Waals surface area contributed by atoms with Gasteiger partial charge in [0, 0.05) is 61.0 Å². The topological polar surface area (TPSA) is 58.4 Å². The van der Waals surface area contributed by atoms with Crippen LogP contribution in [0.1, 0.15) is 0 Å². The van der Waals surface area contributed by atoms with E-state index in [1.807, 2.05) is 18.2 Å². The lowest BCUT2D eigenvalue weighted by Gasteiger charge is -2.12. The molecule has 68 heavy (non-hydrogen) atoms. The van der Waals surface area contributed by atoms with Crippen molar-refractivity contribution < 1.29 is 0 Å². The van der Waals surface area contributed by atoms with E-state index in [9.17, 15) is 0 Å². The van der Waals surface area contributed by atoms with Crippen LogP contribution < -0.4 is 0 Å². The fourth-order valence-corrected chi connectivity index (χ4v) is 10.5. The highest BCUT2D eigenvalue weighted by molar-refractivity contribution is 6.25. The standard InChI is InChI=1S/C61H39N7/c1-4-18-40(19-5-1)59-62-60(41-32-36-45(37-33-41)65-51-28-14-10-24-47(51)48-25-11-15-29-52(48)65)64-61(63-59)42-34-38-46(39-35-42)67-54-31-17-13-27-50(54)56-58(67)57-55(68(56)44-22-8-3-9-23-44)49-26-12-16-30-53(49)66(57)43-20-6-2-7-21-43/h1-39H. The lowest BCUT2D eigenvalue weighted by molar-refractivity contribution is 1.07. The van der Waals surface area contributed by atoms with Crippen LogP contribution in [0.3, 0.4) is 0 Å². The molecule has 0 aliphatic carbocycles. The molecule has 5 aromatic heterocycles. The summed E-state index contributed by atoms with van der Waals surface area (Å²) in [7, 11) is 0. The molecule has 9 aromatic carbocycles. The number of aromatic nitrogens is 7. The quantitative estimate of drug-likeness (QED) is 0.160. The zero-order chi connectivity index (χ0) is 44.7.